The van der Waals surface area contributed by atoms with Crippen LogP contribution in [0.15, 0.2) is 12.2 Å². The van der Waals surface area contributed by atoms with Gasteiger partial charge < -0.3 is 15.7 Å². The fraction of sp³-hybridized carbons (Fsp3) is 0.769. The van der Waals surface area contributed by atoms with E-state index in [1.165, 1.54) is 0 Å². The van der Waals surface area contributed by atoms with Crippen molar-refractivity contribution in [1.29, 1.82) is 0 Å². The fourth-order valence-corrected chi connectivity index (χ4v) is 2.31. The van der Waals surface area contributed by atoms with Gasteiger partial charge in [0.1, 0.15) is 0 Å². The van der Waals surface area contributed by atoms with Crippen molar-refractivity contribution in [3.8, 4) is 0 Å². The molecule has 0 bridgehead atoms. The molecule has 0 aliphatic heterocycles. The van der Waals surface area contributed by atoms with E-state index in [2.05, 4.69) is 10.6 Å². The lowest BCUT2D eigenvalue weighted by atomic mass is 9.86. The molecule has 0 saturated heterocycles. The van der Waals surface area contributed by atoms with Crippen molar-refractivity contribution in [1.82, 2.24) is 10.6 Å². The fourth-order valence-electron chi connectivity index (χ4n) is 2.31. The predicted molar refractivity (Wildman–Crippen MR) is 68.8 cm³/mol. The van der Waals surface area contributed by atoms with Gasteiger partial charge in [0.15, 0.2) is 0 Å². The van der Waals surface area contributed by atoms with Gasteiger partial charge in [-0.05, 0) is 26.2 Å². The number of aliphatic hydroxyl groups excluding tert-OH is 1. The molecule has 2 unspecified atom stereocenters. The third kappa shape index (κ3) is 4.04. The molecule has 2 amide bonds. The van der Waals surface area contributed by atoms with Crippen LogP contribution < -0.4 is 10.6 Å². The Balaban J connectivity index is 2.30. The molecule has 0 aromatic rings. The Bertz CT molecular complexity index is 279. The first-order valence-electron chi connectivity index (χ1n) is 6.39. The second-order valence-electron chi connectivity index (χ2n) is 5.01. The van der Waals surface area contributed by atoms with Gasteiger partial charge in [-0.2, -0.15) is 0 Å². The molecule has 17 heavy (non-hydrogen) atoms. The molecule has 4 heteroatoms. The van der Waals surface area contributed by atoms with E-state index in [0.717, 1.165) is 25.7 Å². The lowest BCUT2D eigenvalue weighted by Crippen LogP contribution is -2.48. The van der Waals surface area contributed by atoms with Crippen LogP contribution in [0.25, 0.3) is 0 Å². The van der Waals surface area contributed by atoms with E-state index in [9.17, 15) is 9.90 Å². The summed E-state index contributed by atoms with van der Waals surface area (Å²) in [6.45, 7) is 4.78. The largest absolute Gasteiger partial charge is 0.396 e. The Morgan fingerprint density at radius 2 is 2.35 bits per heavy atom. The molecule has 3 N–H and O–H groups in total. The van der Waals surface area contributed by atoms with Gasteiger partial charge in [0, 0.05) is 18.0 Å². The number of nitrogens with one attached hydrogen (secondary N) is 2. The van der Waals surface area contributed by atoms with Crippen LogP contribution in [0.1, 0.15) is 39.5 Å². The second-order valence-corrected chi connectivity index (χ2v) is 5.01. The predicted octanol–water partition coefficient (Wildman–Crippen LogP) is 1.80. The Morgan fingerprint density at radius 1 is 1.59 bits per heavy atom. The van der Waals surface area contributed by atoms with Crippen LogP contribution in [0.3, 0.4) is 0 Å². The summed E-state index contributed by atoms with van der Waals surface area (Å²) in [6.07, 6.45) is 7.85. The minimum atomic E-state index is -0.152. The van der Waals surface area contributed by atoms with Crippen LogP contribution in [0, 0.1) is 5.41 Å². The molecule has 0 aromatic carbocycles. The van der Waals surface area contributed by atoms with Crippen LogP contribution in [-0.4, -0.2) is 30.3 Å². The summed E-state index contributed by atoms with van der Waals surface area (Å²) in [6, 6.07) is -0.0321. The van der Waals surface area contributed by atoms with Crippen LogP contribution in [0.5, 0.6) is 0 Å². The first kappa shape index (κ1) is 14.0. The summed E-state index contributed by atoms with van der Waals surface area (Å²) in [7, 11) is 0. The highest BCUT2D eigenvalue weighted by molar-refractivity contribution is 5.74. The highest BCUT2D eigenvalue weighted by atomic mass is 16.3. The first-order valence-corrected chi connectivity index (χ1v) is 6.39. The van der Waals surface area contributed by atoms with Crippen LogP contribution in [-0.2, 0) is 0 Å². The molecule has 1 rings (SSSR count). The molecular weight excluding hydrogens is 216 g/mol. The van der Waals surface area contributed by atoms with E-state index in [-0.39, 0.29) is 24.1 Å². The van der Waals surface area contributed by atoms with Crippen molar-refractivity contribution in [2.45, 2.75) is 45.6 Å². The maximum atomic E-state index is 11.6. The van der Waals surface area contributed by atoms with Gasteiger partial charge in [-0.1, -0.05) is 25.5 Å². The topological polar surface area (TPSA) is 61.4 Å². The summed E-state index contributed by atoms with van der Waals surface area (Å²) in [5.74, 6) is 0. The van der Waals surface area contributed by atoms with E-state index in [0.29, 0.717) is 6.54 Å². The molecule has 0 heterocycles. The number of hydrogen-bond acceptors (Lipinski definition) is 2. The molecular formula is C13H24N2O2. The molecule has 0 aromatic heterocycles. The third-order valence-corrected chi connectivity index (χ3v) is 3.58. The van der Waals surface area contributed by atoms with Crippen LogP contribution >= 0.6 is 0 Å². The quantitative estimate of drug-likeness (QED) is 0.507. The van der Waals surface area contributed by atoms with Gasteiger partial charge in [-0.25, -0.2) is 4.79 Å². The minimum absolute atomic E-state index is 0.0919. The zero-order valence-corrected chi connectivity index (χ0v) is 10.8. The van der Waals surface area contributed by atoms with Crippen molar-refractivity contribution in [3.05, 3.63) is 12.2 Å². The summed E-state index contributed by atoms with van der Waals surface area (Å²) in [5, 5.41) is 15.2. The van der Waals surface area contributed by atoms with Crippen LogP contribution in [0.2, 0.25) is 0 Å². The van der Waals surface area contributed by atoms with Crippen molar-refractivity contribution >= 4 is 6.03 Å². The van der Waals surface area contributed by atoms with Crippen molar-refractivity contribution in [3.63, 3.8) is 0 Å². The molecule has 1 aliphatic rings. The maximum Gasteiger partial charge on any atom is 0.315 e. The summed E-state index contributed by atoms with van der Waals surface area (Å²) in [4.78, 5) is 11.6. The molecule has 2 atom stereocenters. The smallest absolute Gasteiger partial charge is 0.315 e. The summed E-state index contributed by atoms with van der Waals surface area (Å²) >= 11 is 0. The molecule has 1 saturated carbocycles. The van der Waals surface area contributed by atoms with E-state index in [4.69, 9.17) is 0 Å². The Labute approximate surface area is 103 Å². The standard InChI is InChI=1S/C13H24N2O2/c1-3-4-5-9-14-12(17)15-11-7-6-8-13(11,2)10-16/h3-4,11,16H,5-10H2,1-2H3,(H2,14,15,17). The SMILES string of the molecule is CC=CCCNC(=O)NC1CCCC1(C)CO. The molecule has 0 radical (unpaired) electrons. The molecule has 98 valence electrons. The average molecular weight is 240 g/mol. The highest BCUT2D eigenvalue weighted by Crippen LogP contribution is 2.37. The number of rotatable bonds is 5. The number of urea groups is 1. The number of allylic oxidation sites excluding steroid dienone is 1. The number of hydrogen-bond donors (Lipinski definition) is 3. The Kier molecular flexibility index (Phi) is 5.48. The number of amides is 2. The molecule has 1 fully saturated rings. The zero-order chi connectivity index (χ0) is 12.7. The van der Waals surface area contributed by atoms with E-state index in [1.54, 1.807) is 0 Å². The monoisotopic (exact) mass is 240 g/mol. The lowest BCUT2D eigenvalue weighted by molar-refractivity contribution is 0.121. The van der Waals surface area contributed by atoms with Gasteiger partial charge in [-0.3, -0.25) is 0 Å². The van der Waals surface area contributed by atoms with Crippen molar-refractivity contribution < 1.29 is 9.90 Å². The van der Waals surface area contributed by atoms with Gasteiger partial charge in [0.2, 0.25) is 0 Å². The lowest BCUT2D eigenvalue weighted by Gasteiger charge is -2.30. The van der Waals surface area contributed by atoms with E-state index >= 15 is 0 Å². The van der Waals surface area contributed by atoms with Gasteiger partial charge in [0.05, 0.1) is 6.61 Å². The minimum Gasteiger partial charge on any atom is -0.396 e. The summed E-state index contributed by atoms with van der Waals surface area (Å²) in [5.41, 5.74) is -0.152. The number of aliphatic hydroxyl groups is 1. The Morgan fingerprint density at radius 3 is 3.00 bits per heavy atom. The van der Waals surface area contributed by atoms with Gasteiger partial charge in [0.25, 0.3) is 0 Å². The van der Waals surface area contributed by atoms with E-state index in [1.807, 2.05) is 26.0 Å². The second kappa shape index (κ2) is 6.64. The summed E-state index contributed by atoms with van der Waals surface area (Å²) < 4.78 is 0. The first-order chi connectivity index (χ1) is 8.12. The van der Waals surface area contributed by atoms with Gasteiger partial charge >= 0.3 is 6.03 Å². The highest BCUT2D eigenvalue weighted by Gasteiger charge is 2.38. The average Bonchev–Trinajstić information content (AvgIpc) is 2.67. The van der Waals surface area contributed by atoms with E-state index < -0.39 is 0 Å². The van der Waals surface area contributed by atoms with Crippen molar-refractivity contribution in [2.24, 2.45) is 5.41 Å². The molecule has 4 nitrogen and oxygen atoms in total. The Hall–Kier alpha value is -1.03. The number of carbonyl (C=O) groups excluding carboxylic acids is 1. The molecule has 1 aliphatic carbocycles. The van der Waals surface area contributed by atoms with Crippen LogP contribution in [0.4, 0.5) is 4.79 Å². The third-order valence-electron chi connectivity index (χ3n) is 3.58. The number of carbonyl (C=O) groups is 1. The van der Waals surface area contributed by atoms with Crippen molar-refractivity contribution in [2.75, 3.05) is 13.2 Å². The van der Waals surface area contributed by atoms with Gasteiger partial charge in [-0.15, -0.1) is 0 Å². The maximum absolute atomic E-state index is 11.6. The normalized spacial score (nSPS) is 28.5. The molecule has 0 spiro atoms. The zero-order valence-electron chi connectivity index (χ0n) is 10.8.